The Labute approximate surface area is 167 Å². The highest BCUT2D eigenvalue weighted by Gasteiger charge is 2.38. The molecule has 3 N–H and O–H groups in total. The van der Waals surface area contributed by atoms with Crippen molar-refractivity contribution < 1.29 is 4.79 Å². The molecule has 2 aliphatic heterocycles. The van der Waals surface area contributed by atoms with Gasteiger partial charge in [0, 0.05) is 23.7 Å². The van der Waals surface area contributed by atoms with Gasteiger partial charge in [0.2, 0.25) is 18.2 Å². The number of thioether (sulfide) groups is 1. The first-order valence-electron chi connectivity index (χ1n) is 8.74. The van der Waals surface area contributed by atoms with Gasteiger partial charge in [-0.25, -0.2) is 4.90 Å². The van der Waals surface area contributed by atoms with E-state index >= 15 is 0 Å². The SMILES string of the molecule is CCN=C1NC(=NCC)N2C(SC(C)C(=O)c3ccc(Cl)cc3)=NNC2N1. The number of nitrogens with zero attached hydrogens (tertiary/aromatic N) is 4. The summed E-state index contributed by atoms with van der Waals surface area (Å²) in [5, 5.41) is 11.7. The zero-order valence-electron chi connectivity index (χ0n) is 15.4. The maximum atomic E-state index is 12.7. The minimum atomic E-state index is -0.320. The van der Waals surface area contributed by atoms with E-state index in [0.717, 1.165) is 0 Å². The second-order valence-corrected chi connectivity index (χ2v) is 7.56. The van der Waals surface area contributed by atoms with Crippen LogP contribution >= 0.6 is 23.4 Å². The summed E-state index contributed by atoms with van der Waals surface area (Å²) in [6.07, 6.45) is -0.290. The van der Waals surface area contributed by atoms with Crippen LogP contribution in [0.1, 0.15) is 31.1 Å². The summed E-state index contributed by atoms with van der Waals surface area (Å²) < 4.78 is 0. The number of ketones is 1. The number of benzene rings is 1. The first-order valence-corrected chi connectivity index (χ1v) is 10.0. The van der Waals surface area contributed by atoms with E-state index in [4.69, 9.17) is 11.6 Å². The molecule has 0 bridgehead atoms. The predicted octanol–water partition coefficient (Wildman–Crippen LogP) is 2.05. The van der Waals surface area contributed by atoms with Crippen LogP contribution in [-0.2, 0) is 0 Å². The van der Waals surface area contributed by atoms with Crippen molar-refractivity contribution in [3.05, 3.63) is 34.9 Å². The van der Waals surface area contributed by atoms with Gasteiger partial charge in [0.25, 0.3) is 0 Å². The van der Waals surface area contributed by atoms with Crippen LogP contribution < -0.4 is 16.1 Å². The fraction of sp³-hybridized carbons (Fsp3) is 0.412. The van der Waals surface area contributed by atoms with Crippen LogP contribution in [0.4, 0.5) is 0 Å². The molecule has 0 amide bonds. The molecule has 144 valence electrons. The number of amidine groups is 1. The molecule has 0 aromatic heterocycles. The molecule has 27 heavy (non-hydrogen) atoms. The maximum Gasteiger partial charge on any atom is 0.210 e. The highest BCUT2D eigenvalue weighted by atomic mass is 35.5. The number of rotatable bonds is 5. The Morgan fingerprint density at radius 3 is 2.67 bits per heavy atom. The molecule has 2 unspecified atom stereocenters. The molecule has 0 spiro atoms. The number of fused-ring (bicyclic) bond motifs is 1. The van der Waals surface area contributed by atoms with Gasteiger partial charge in [0.1, 0.15) is 0 Å². The number of carbonyl (C=O) groups is 1. The number of halogens is 1. The molecule has 1 aromatic carbocycles. The first-order chi connectivity index (χ1) is 13.0. The highest BCUT2D eigenvalue weighted by Crippen LogP contribution is 2.24. The van der Waals surface area contributed by atoms with E-state index in [1.165, 1.54) is 11.8 Å². The summed E-state index contributed by atoms with van der Waals surface area (Å²) in [5.41, 5.74) is 3.65. The summed E-state index contributed by atoms with van der Waals surface area (Å²) in [5.74, 6) is 1.31. The second kappa shape index (κ2) is 8.62. The van der Waals surface area contributed by atoms with Crippen molar-refractivity contribution in [1.82, 2.24) is 21.0 Å². The smallest absolute Gasteiger partial charge is 0.210 e. The van der Waals surface area contributed by atoms with Gasteiger partial charge in [0.05, 0.1) is 5.25 Å². The molecule has 0 aliphatic carbocycles. The quantitative estimate of drug-likeness (QED) is 0.647. The molecule has 1 fully saturated rings. The Hall–Kier alpha value is -2.26. The summed E-state index contributed by atoms with van der Waals surface area (Å²) in [6, 6.07) is 6.91. The third-order valence-corrected chi connectivity index (χ3v) is 5.20. The molecule has 2 aliphatic rings. The van der Waals surface area contributed by atoms with Crippen LogP contribution in [0.3, 0.4) is 0 Å². The normalized spacial score (nSPS) is 22.6. The van der Waals surface area contributed by atoms with Crippen LogP contribution in [0.5, 0.6) is 0 Å². The van der Waals surface area contributed by atoms with Crippen LogP contribution in [0, 0.1) is 0 Å². The van der Waals surface area contributed by atoms with E-state index in [2.05, 4.69) is 31.1 Å². The Morgan fingerprint density at radius 2 is 2.00 bits per heavy atom. The summed E-state index contributed by atoms with van der Waals surface area (Å²) >= 11 is 7.28. The monoisotopic (exact) mass is 407 g/mol. The van der Waals surface area contributed by atoms with Crippen LogP contribution in [0.15, 0.2) is 39.4 Å². The van der Waals surface area contributed by atoms with Gasteiger partial charge in [-0.2, -0.15) is 5.10 Å². The first kappa shape index (κ1) is 19.5. The fourth-order valence-corrected chi connectivity index (χ4v) is 3.73. The van der Waals surface area contributed by atoms with Gasteiger partial charge < -0.3 is 5.32 Å². The van der Waals surface area contributed by atoms with E-state index in [9.17, 15) is 4.79 Å². The lowest BCUT2D eigenvalue weighted by atomic mass is 10.1. The van der Waals surface area contributed by atoms with Crippen LogP contribution in [-0.4, -0.2) is 52.4 Å². The van der Waals surface area contributed by atoms with E-state index in [1.54, 1.807) is 24.3 Å². The number of Topliss-reactive ketones (excluding diaryl/α,β-unsaturated/α-hetero) is 1. The molecule has 0 saturated carbocycles. The molecule has 10 heteroatoms. The second-order valence-electron chi connectivity index (χ2n) is 5.82. The standard InChI is InChI=1S/C17H22ClN7OS/c1-4-19-14-21-15(20-5-2)25-16(22-14)23-24-17(25)27-10(3)13(26)11-6-8-12(18)9-7-11/h6-10,16,23H,4-5H2,1-3H3,(H2,19,20,21,22). The van der Waals surface area contributed by atoms with Crippen molar-refractivity contribution in [3.63, 3.8) is 0 Å². The van der Waals surface area contributed by atoms with Crippen molar-refractivity contribution in [3.8, 4) is 0 Å². The van der Waals surface area contributed by atoms with Gasteiger partial charge >= 0.3 is 0 Å². The van der Waals surface area contributed by atoms with Crippen molar-refractivity contribution in [1.29, 1.82) is 0 Å². The molecular formula is C17H22ClN7OS. The number of aliphatic imine (C=N–C) groups is 2. The number of guanidine groups is 2. The minimum Gasteiger partial charge on any atom is -0.317 e. The number of hydrazone groups is 1. The number of nitrogens with one attached hydrogen (secondary N) is 3. The third-order valence-electron chi connectivity index (χ3n) is 3.88. The van der Waals surface area contributed by atoms with E-state index in [1.807, 2.05) is 25.7 Å². The third kappa shape index (κ3) is 4.36. The Morgan fingerprint density at radius 1 is 1.30 bits per heavy atom. The van der Waals surface area contributed by atoms with Crippen molar-refractivity contribution >= 4 is 46.2 Å². The molecule has 2 heterocycles. The van der Waals surface area contributed by atoms with Gasteiger partial charge in [-0.15, -0.1) is 0 Å². The van der Waals surface area contributed by atoms with Crippen LogP contribution in [0.25, 0.3) is 0 Å². The lowest BCUT2D eigenvalue weighted by Gasteiger charge is -2.35. The van der Waals surface area contributed by atoms with Crippen LogP contribution in [0.2, 0.25) is 5.02 Å². The topological polar surface area (TPSA) is 93.5 Å². The number of carbonyl (C=O) groups excluding carboxylic acids is 1. The zero-order chi connectivity index (χ0) is 19.4. The fourth-order valence-electron chi connectivity index (χ4n) is 2.63. The minimum absolute atomic E-state index is 0.0166. The Kier molecular flexibility index (Phi) is 6.22. The van der Waals surface area contributed by atoms with E-state index < -0.39 is 0 Å². The van der Waals surface area contributed by atoms with E-state index in [0.29, 0.717) is 40.8 Å². The van der Waals surface area contributed by atoms with Gasteiger partial charge in [-0.3, -0.25) is 25.5 Å². The largest absolute Gasteiger partial charge is 0.317 e. The molecule has 3 rings (SSSR count). The van der Waals surface area contributed by atoms with Gasteiger partial charge in [0.15, 0.2) is 11.0 Å². The summed E-state index contributed by atoms with van der Waals surface area (Å²) in [6.45, 7) is 7.05. The molecular weight excluding hydrogens is 386 g/mol. The zero-order valence-corrected chi connectivity index (χ0v) is 16.9. The summed E-state index contributed by atoms with van der Waals surface area (Å²) in [4.78, 5) is 23.5. The number of hydrogen-bond donors (Lipinski definition) is 3. The van der Waals surface area contributed by atoms with Crippen molar-refractivity contribution in [2.75, 3.05) is 13.1 Å². The predicted molar refractivity (Wildman–Crippen MR) is 111 cm³/mol. The van der Waals surface area contributed by atoms with Crippen molar-refractivity contribution in [2.45, 2.75) is 32.3 Å². The lowest BCUT2D eigenvalue weighted by Crippen LogP contribution is -2.66. The maximum absolute atomic E-state index is 12.7. The molecule has 2 atom stereocenters. The molecule has 1 aromatic rings. The highest BCUT2D eigenvalue weighted by molar-refractivity contribution is 8.14. The van der Waals surface area contributed by atoms with Gasteiger partial charge in [-0.1, -0.05) is 23.4 Å². The number of hydrogen-bond acceptors (Lipinski definition) is 6. The van der Waals surface area contributed by atoms with Crippen molar-refractivity contribution in [2.24, 2.45) is 15.1 Å². The Bertz CT molecular complexity index is 793. The molecule has 8 nitrogen and oxygen atoms in total. The molecule has 0 radical (unpaired) electrons. The Balaban J connectivity index is 1.74. The average Bonchev–Trinajstić information content (AvgIpc) is 3.05. The summed E-state index contributed by atoms with van der Waals surface area (Å²) in [7, 11) is 0. The average molecular weight is 408 g/mol. The van der Waals surface area contributed by atoms with Gasteiger partial charge in [-0.05, 0) is 45.0 Å². The van der Waals surface area contributed by atoms with E-state index in [-0.39, 0.29) is 17.3 Å². The molecule has 1 saturated heterocycles. The lowest BCUT2D eigenvalue weighted by molar-refractivity contribution is 0.0994.